The Kier molecular flexibility index (Phi) is 3.55. The van der Waals surface area contributed by atoms with Gasteiger partial charge in [0.15, 0.2) is 5.56 Å². The molecule has 0 saturated carbocycles. The first-order chi connectivity index (χ1) is 11.6. The lowest BCUT2D eigenvalue weighted by Crippen LogP contribution is -2.45. The van der Waals surface area contributed by atoms with Gasteiger partial charge in [-0.3, -0.25) is 4.79 Å². The topological polar surface area (TPSA) is 67.5 Å². The molecular formula is C16H7F5O4. The second kappa shape index (κ2) is 5.27. The average Bonchev–Trinajstić information content (AvgIpc) is 2.52. The maximum absolute atomic E-state index is 13.3. The number of aromatic hydroxyl groups is 1. The minimum atomic E-state index is -6.23. The number of fused-ring (bicyclic) bond motifs is 3. The number of halogens is 5. The van der Waals surface area contributed by atoms with Crippen LogP contribution in [0.5, 0.6) is 5.75 Å². The summed E-state index contributed by atoms with van der Waals surface area (Å²) in [5.74, 6) is -10.0. The average molecular weight is 358 g/mol. The zero-order valence-electron chi connectivity index (χ0n) is 12.0. The number of hydrogen-bond acceptors (Lipinski definition) is 4. The molecule has 130 valence electrons. The Bertz CT molecular complexity index is 1070. The van der Waals surface area contributed by atoms with Gasteiger partial charge in [0.1, 0.15) is 11.3 Å². The van der Waals surface area contributed by atoms with E-state index in [0.717, 1.165) is 0 Å². The largest absolute Gasteiger partial charge is 0.506 e. The highest BCUT2D eigenvalue weighted by Crippen LogP contribution is 2.41. The lowest BCUT2D eigenvalue weighted by molar-refractivity contribution is -0.255. The fourth-order valence-electron chi connectivity index (χ4n) is 2.44. The Balaban J connectivity index is 2.39. The highest BCUT2D eigenvalue weighted by molar-refractivity contribution is 6.13. The number of carbonyl (C=O) groups excluding carboxylic acids is 1. The van der Waals surface area contributed by atoms with Gasteiger partial charge in [-0.05, 0) is 16.8 Å². The number of rotatable bonds is 2. The van der Waals surface area contributed by atoms with Crippen LogP contribution >= 0.6 is 0 Å². The van der Waals surface area contributed by atoms with Crippen molar-refractivity contribution in [2.24, 2.45) is 0 Å². The molecule has 0 aliphatic heterocycles. The van der Waals surface area contributed by atoms with Gasteiger partial charge in [-0.25, -0.2) is 4.79 Å². The van der Waals surface area contributed by atoms with E-state index in [1.165, 1.54) is 24.3 Å². The van der Waals surface area contributed by atoms with E-state index < -0.39 is 34.8 Å². The summed E-state index contributed by atoms with van der Waals surface area (Å²) in [7, 11) is 0. The van der Waals surface area contributed by atoms with Gasteiger partial charge >= 0.3 is 17.7 Å². The fraction of sp³-hybridized carbons (Fsp3) is 0.125. The van der Waals surface area contributed by atoms with Gasteiger partial charge in [0.2, 0.25) is 0 Å². The molecule has 0 spiro atoms. The Morgan fingerprint density at radius 1 is 1.00 bits per heavy atom. The maximum Gasteiger partial charge on any atom is 0.461 e. The molecule has 0 atom stereocenters. The molecule has 0 radical (unpaired) electrons. The molecule has 4 nitrogen and oxygen atoms in total. The molecule has 0 amide bonds. The van der Waals surface area contributed by atoms with Crippen LogP contribution in [-0.4, -0.2) is 23.0 Å². The van der Waals surface area contributed by atoms with Gasteiger partial charge in [0, 0.05) is 0 Å². The van der Waals surface area contributed by atoms with Crippen LogP contribution in [0.3, 0.4) is 0 Å². The molecule has 3 rings (SSSR count). The van der Waals surface area contributed by atoms with Gasteiger partial charge < -0.3 is 9.52 Å². The summed E-state index contributed by atoms with van der Waals surface area (Å²) in [6, 6.07) is 8.85. The normalized spacial score (nSPS) is 12.7. The zero-order valence-corrected chi connectivity index (χ0v) is 12.0. The highest BCUT2D eigenvalue weighted by atomic mass is 19.4. The predicted molar refractivity (Wildman–Crippen MR) is 77.0 cm³/mol. The molecule has 3 aromatic rings. The van der Waals surface area contributed by atoms with E-state index in [9.17, 15) is 36.6 Å². The van der Waals surface area contributed by atoms with Crippen LogP contribution < -0.4 is 5.63 Å². The number of carbonyl (C=O) groups is 1. The van der Waals surface area contributed by atoms with Crippen molar-refractivity contribution < 1.29 is 36.3 Å². The highest BCUT2D eigenvalue weighted by Gasteiger charge is 2.64. The van der Waals surface area contributed by atoms with Gasteiger partial charge in [0.25, 0.3) is 5.78 Å². The molecule has 2 aromatic carbocycles. The minimum Gasteiger partial charge on any atom is -0.506 e. The Morgan fingerprint density at radius 2 is 1.64 bits per heavy atom. The van der Waals surface area contributed by atoms with Crippen LogP contribution in [0.4, 0.5) is 22.0 Å². The Hall–Kier alpha value is -2.97. The van der Waals surface area contributed by atoms with Crippen molar-refractivity contribution in [3.05, 3.63) is 52.4 Å². The number of Topliss-reactive ketones (excluding diaryl/α,β-unsaturated/α-hetero) is 1. The fourth-order valence-corrected chi connectivity index (χ4v) is 2.44. The Morgan fingerprint density at radius 3 is 2.28 bits per heavy atom. The van der Waals surface area contributed by atoms with E-state index >= 15 is 0 Å². The van der Waals surface area contributed by atoms with E-state index in [0.29, 0.717) is 5.39 Å². The first-order valence-corrected chi connectivity index (χ1v) is 6.72. The lowest BCUT2D eigenvalue weighted by atomic mass is 10.00. The van der Waals surface area contributed by atoms with Crippen molar-refractivity contribution in [2.75, 3.05) is 0 Å². The second-order valence-corrected chi connectivity index (χ2v) is 5.17. The summed E-state index contributed by atoms with van der Waals surface area (Å²) in [6.07, 6.45) is -6.23. The summed E-state index contributed by atoms with van der Waals surface area (Å²) >= 11 is 0. The van der Waals surface area contributed by atoms with Gasteiger partial charge in [-0.15, -0.1) is 0 Å². The molecule has 0 aliphatic carbocycles. The molecule has 1 N–H and O–H groups in total. The number of benzene rings is 2. The third-order valence-electron chi connectivity index (χ3n) is 3.64. The smallest absolute Gasteiger partial charge is 0.461 e. The van der Waals surface area contributed by atoms with E-state index in [4.69, 9.17) is 0 Å². The molecule has 0 aliphatic rings. The molecule has 9 heteroatoms. The van der Waals surface area contributed by atoms with Gasteiger partial charge in [-0.2, -0.15) is 22.0 Å². The van der Waals surface area contributed by atoms with Crippen LogP contribution in [0.2, 0.25) is 0 Å². The van der Waals surface area contributed by atoms with E-state index in [1.807, 2.05) is 0 Å². The Labute approximate surface area is 135 Å². The monoisotopic (exact) mass is 358 g/mol. The molecular weight excluding hydrogens is 351 g/mol. The van der Waals surface area contributed by atoms with Gasteiger partial charge in [-0.1, -0.05) is 30.3 Å². The van der Waals surface area contributed by atoms with E-state index in [2.05, 4.69) is 4.42 Å². The van der Waals surface area contributed by atoms with Crippen LogP contribution in [0, 0.1) is 0 Å². The molecule has 0 fully saturated rings. The number of ketones is 1. The molecule has 0 saturated heterocycles. The van der Waals surface area contributed by atoms with Crippen molar-refractivity contribution in [1.29, 1.82) is 0 Å². The van der Waals surface area contributed by atoms with Crippen molar-refractivity contribution in [3.8, 4) is 5.75 Å². The summed E-state index contributed by atoms with van der Waals surface area (Å²) in [5.41, 5.74) is -3.78. The van der Waals surface area contributed by atoms with Crippen LogP contribution in [0.25, 0.3) is 21.7 Å². The van der Waals surface area contributed by atoms with E-state index in [-0.39, 0.29) is 16.4 Å². The molecule has 1 heterocycles. The molecule has 0 bridgehead atoms. The quantitative estimate of drug-likeness (QED) is 0.325. The van der Waals surface area contributed by atoms with Crippen LogP contribution in [0.1, 0.15) is 10.4 Å². The maximum atomic E-state index is 13.3. The van der Waals surface area contributed by atoms with Crippen molar-refractivity contribution in [2.45, 2.75) is 12.1 Å². The van der Waals surface area contributed by atoms with Crippen molar-refractivity contribution in [3.63, 3.8) is 0 Å². The molecule has 25 heavy (non-hydrogen) atoms. The molecule has 1 aromatic heterocycles. The molecule has 0 unspecified atom stereocenters. The van der Waals surface area contributed by atoms with Crippen molar-refractivity contribution >= 4 is 27.5 Å². The van der Waals surface area contributed by atoms with Crippen LogP contribution in [-0.2, 0) is 0 Å². The van der Waals surface area contributed by atoms with Crippen molar-refractivity contribution in [1.82, 2.24) is 0 Å². The second-order valence-electron chi connectivity index (χ2n) is 5.17. The predicted octanol–water partition coefficient (Wildman–Crippen LogP) is 4.03. The van der Waals surface area contributed by atoms with Gasteiger partial charge in [0.05, 0.1) is 5.39 Å². The summed E-state index contributed by atoms with van der Waals surface area (Å²) < 4.78 is 68.6. The standard InChI is InChI=1S/C16H7F5O4/c17-15(18,16(19,20)21)13(23)11-12(22)10-8-4-2-1-3-7(8)5-6-9(10)25-14(11)24/h1-6,22H. The summed E-state index contributed by atoms with van der Waals surface area (Å²) in [4.78, 5) is 23.4. The van der Waals surface area contributed by atoms with Crippen LogP contribution in [0.15, 0.2) is 45.6 Å². The van der Waals surface area contributed by atoms with E-state index in [1.54, 1.807) is 12.1 Å². The summed E-state index contributed by atoms with van der Waals surface area (Å²) in [6.45, 7) is 0. The third-order valence-corrected chi connectivity index (χ3v) is 3.64. The number of hydrogen-bond donors (Lipinski definition) is 1. The minimum absolute atomic E-state index is 0.214. The lowest BCUT2D eigenvalue weighted by Gasteiger charge is -2.18. The summed E-state index contributed by atoms with van der Waals surface area (Å²) in [5, 5.41) is 10.5. The first kappa shape index (κ1) is 16.9. The number of alkyl halides is 5. The SMILES string of the molecule is O=C(c1c(O)c2c(ccc3ccccc32)oc1=O)C(F)(F)C(F)(F)F. The third kappa shape index (κ3) is 2.43. The first-order valence-electron chi connectivity index (χ1n) is 6.72. The zero-order chi connectivity index (χ0) is 18.6.